The lowest BCUT2D eigenvalue weighted by Gasteiger charge is -2.27. The molecular formula is C36H65N13O13. The van der Waals surface area contributed by atoms with Crippen LogP contribution in [0.3, 0.4) is 0 Å². The number of nitrogens with zero attached hydrogens (tertiary/aromatic N) is 1. The summed E-state index contributed by atoms with van der Waals surface area (Å²) in [7, 11) is 0. The Morgan fingerprint density at radius 3 is 1.44 bits per heavy atom. The third-order valence-electron chi connectivity index (χ3n) is 8.52. The van der Waals surface area contributed by atoms with E-state index < -0.39 is 134 Å². The van der Waals surface area contributed by atoms with Crippen LogP contribution in [0.15, 0.2) is 4.99 Å². The Labute approximate surface area is 358 Å². The lowest BCUT2D eigenvalue weighted by atomic mass is 10.0. The summed E-state index contributed by atoms with van der Waals surface area (Å²) < 4.78 is 0. The topological polar surface area (TPSA) is 444 Å². The fraction of sp³-hybridized carbons (Fsp3) is 0.694. The summed E-state index contributed by atoms with van der Waals surface area (Å²) in [6, 6.07) is -11.1. The summed E-state index contributed by atoms with van der Waals surface area (Å²) in [5, 5.41) is 47.4. The molecule has 0 unspecified atom stereocenters. The second-order valence-electron chi connectivity index (χ2n) is 15.2. The van der Waals surface area contributed by atoms with E-state index in [0.29, 0.717) is 0 Å². The van der Waals surface area contributed by atoms with Gasteiger partial charge in [0.25, 0.3) is 0 Å². The summed E-state index contributed by atoms with van der Waals surface area (Å²) in [4.78, 5) is 131. The lowest BCUT2D eigenvalue weighted by Crippen LogP contribution is -2.60. The number of carboxylic acid groups (broad SMARTS) is 1. The van der Waals surface area contributed by atoms with E-state index in [-0.39, 0.29) is 50.0 Å². The van der Waals surface area contributed by atoms with Crippen molar-refractivity contribution < 1.29 is 63.3 Å². The van der Waals surface area contributed by atoms with Crippen LogP contribution in [0, 0.1) is 11.8 Å². The number of hydrogen-bond acceptors (Lipinski definition) is 14. The van der Waals surface area contributed by atoms with E-state index >= 15 is 0 Å². The maximum absolute atomic E-state index is 13.6. The van der Waals surface area contributed by atoms with E-state index in [1.54, 1.807) is 27.7 Å². The van der Waals surface area contributed by atoms with E-state index in [0.717, 1.165) is 0 Å². The minimum absolute atomic E-state index is 0.0579. The molecule has 0 heterocycles. The quantitative estimate of drug-likeness (QED) is 0.0189. The number of aliphatic carboxylic acids is 1. The van der Waals surface area contributed by atoms with Gasteiger partial charge in [-0.15, -0.1) is 0 Å². The highest BCUT2D eigenvalue weighted by atomic mass is 16.4. The molecule has 62 heavy (non-hydrogen) atoms. The molecule has 0 aliphatic rings. The summed E-state index contributed by atoms with van der Waals surface area (Å²) in [5.74, 6) is -10.6. The molecular weight excluding hydrogens is 822 g/mol. The number of aliphatic hydroxyl groups excluding tert-OH is 2. The van der Waals surface area contributed by atoms with Crippen molar-refractivity contribution in [1.29, 1.82) is 0 Å². The number of amides is 9. The van der Waals surface area contributed by atoms with Crippen LogP contribution in [0.1, 0.15) is 73.6 Å². The first-order valence-corrected chi connectivity index (χ1v) is 19.8. The van der Waals surface area contributed by atoms with Crippen LogP contribution in [-0.4, -0.2) is 155 Å². The number of guanidine groups is 1. The van der Waals surface area contributed by atoms with Crippen molar-refractivity contribution in [1.82, 2.24) is 42.5 Å². The Bertz CT molecular complexity index is 1610. The highest BCUT2D eigenvalue weighted by Crippen LogP contribution is 2.09. The second-order valence-corrected chi connectivity index (χ2v) is 15.2. The van der Waals surface area contributed by atoms with Crippen molar-refractivity contribution in [3.05, 3.63) is 0 Å². The van der Waals surface area contributed by atoms with Crippen LogP contribution in [-0.2, 0) is 47.9 Å². The minimum atomic E-state index is -1.70. The van der Waals surface area contributed by atoms with E-state index in [2.05, 4.69) is 47.5 Å². The van der Waals surface area contributed by atoms with Crippen molar-refractivity contribution in [3.63, 3.8) is 0 Å². The number of nitrogens with one attached hydrogen (secondary N) is 8. The summed E-state index contributed by atoms with van der Waals surface area (Å²) in [5.41, 5.74) is 21.4. The lowest BCUT2D eigenvalue weighted by molar-refractivity contribution is -0.142. The molecule has 0 radical (unpaired) electrons. The Morgan fingerprint density at radius 2 is 0.984 bits per heavy atom. The molecule has 0 bridgehead atoms. The van der Waals surface area contributed by atoms with Gasteiger partial charge in [0.2, 0.25) is 53.2 Å². The zero-order chi connectivity index (χ0) is 47.9. The SMILES string of the molecule is CC(C)C[C@H](NC(=O)[C@H](C)NC(=O)[C@H](C)N)C(=O)N[C@@H](CC(N)=O)C(=O)N[C@@H](CC(C)C)C(=O)N[C@@H](CO)C(=O)NCC(=O)N[C@@H](CO)C(=O)N[C@@H](CCCN=C(N)N)C(=O)O. The maximum Gasteiger partial charge on any atom is 0.326 e. The first-order chi connectivity index (χ1) is 28.8. The molecule has 352 valence electrons. The first kappa shape index (κ1) is 55.9. The zero-order valence-corrected chi connectivity index (χ0v) is 35.8. The molecule has 0 aromatic carbocycles. The number of primary amides is 1. The van der Waals surface area contributed by atoms with Gasteiger partial charge in [0.15, 0.2) is 5.96 Å². The summed E-state index contributed by atoms with van der Waals surface area (Å²) in [6.07, 6.45) is -0.660. The third-order valence-corrected chi connectivity index (χ3v) is 8.52. The smallest absolute Gasteiger partial charge is 0.326 e. The van der Waals surface area contributed by atoms with Gasteiger partial charge in [0, 0.05) is 6.54 Å². The van der Waals surface area contributed by atoms with Crippen molar-refractivity contribution in [3.8, 4) is 0 Å². The van der Waals surface area contributed by atoms with Gasteiger partial charge in [0.05, 0.1) is 32.2 Å². The van der Waals surface area contributed by atoms with Gasteiger partial charge in [-0.25, -0.2) is 4.79 Å². The standard InChI is InChI=1S/C36H65N13O13/c1-16(2)10-21(46-29(55)19(6)43-28(54)18(5)37)31(57)48-23(12-26(38)52)33(59)47-22(11-17(3)4)32(58)49-24(14-50)30(56)42-13-27(53)44-25(15-51)34(60)45-20(35(61)62)8-7-9-41-36(39)40/h16-25,50-51H,7-15,37H2,1-6H3,(H2,38,52)(H,42,56)(H,43,54)(H,44,53)(H,45,60)(H,46,55)(H,47,59)(H,48,57)(H,49,58)(H,61,62)(H4,39,40,41)/t18-,19-,20-,21-,22-,23-,24-,25-/m0/s1. The number of rotatable bonds is 29. The number of carbonyl (C=O) groups is 10. The fourth-order valence-corrected chi connectivity index (χ4v) is 5.30. The Hall–Kier alpha value is -6.15. The first-order valence-electron chi connectivity index (χ1n) is 19.8. The molecule has 9 amide bonds. The van der Waals surface area contributed by atoms with Gasteiger partial charge >= 0.3 is 5.97 Å². The van der Waals surface area contributed by atoms with Crippen molar-refractivity contribution in [2.75, 3.05) is 26.3 Å². The van der Waals surface area contributed by atoms with Crippen LogP contribution in [0.2, 0.25) is 0 Å². The van der Waals surface area contributed by atoms with E-state index in [4.69, 9.17) is 22.9 Å². The molecule has 0 spiro atoms. The normalized spacial score (nSPS) is 14.8. The van der Waals surface area contributed by atoms with Crippen LogP contribution in [0.5, 0.6) is 0 Å². The number of carbonyl (C=O) groups excluding carboxylic acids is 9. The number of hydrogen-bond donors (Lipinski definition) is 15. The predicted molar refractivity (Wildman–Crippen MR) is 220 cm³/mol. The Morgan fingerprint density at radius 1 is 0.548 bits per heavy atom. The highest BCUT2D eigenvalue weighted by Gasteiger charge is 2.34. The summed E-state index contributed by atoms with van der Waals surface area (Å²) in [6.45, 7) is 6.94. The van der Waals surface area contributed by atoms with Gasteiger partial charge in [-0.2, -0.15) is 0 Å². The third kappa shape index (κ3) is 22.5. The molecule has 8 atom stereocenters. The zero-order valence-electron chi connectivity index (χ0n) is 35.8. The molecule has 0 saturated carbocycles. The average molecular weight is 888 g/mol. The largest absolute Gasteiger partial charge is 0.480 e. The van der Waals surface area contributed by atoms with Gasteiger partial charge in [-0.3, -0.25) is 48.1 Å². The number of aliphatic hydroxyl groups is 2. The van der Waals surface area contributed by atoms with E-state index in [1.165, 1.54) is 13.8 Å². The molecule has 0 rings (SSSR count). The van der Waals surface area contributed by atoms with E-state index in [1.807, 2.05) is 0 Å². The van der Waals surface area contributed by atoms with Crippen LogP contribution < -0.4 is 65.5 Å². The van der Waals surface area contributed by atoms with Crippen LogP contribution in [0.25, 0.3) is 0 Å². The average Bonchev–Trinajstić information content (AvgIpc) is 3.17. The Kier molecular flexibility index (Phi) is 25.6. The molecule has 0 aliphatic heterocycles. The second kappa shape index (κ2) is 28.4. The van der Waals surface area contributed by atoms with Crippen LogP contribution in [0.4, 0.5) is 0 Å². The number of carboxylic acids is 1. The molecule has 0 fully saturated rings. The van der Waals surface area contributed by atoms with Gasteiger partial charge < -0.3 is 80.8 Å². The van der Waals surface area contributed by atoms with Gasteiger partial charge in [-0.1, -0.05) is 27.7 Å². The van der Waals surface area contributed by atoms with Gasteiger partial charge in [-0.05, 0) is 51.4 Å². The van der Waals surface area contributed by atoms with Crippen molar-refractivity contribution in [2.45, 2.75) is 122 Å². The van der Waals surface area contributed by atoms with Crippen molar-refractivity contribution in [2.24, 2.45) is 39.8 Å². The van der Waals surface area contributed by atoms with E-state index in [9.17, 15) is 63.3 Å². The molecule has 19 N–H and O–H groups in total. The monoisotopic (exact) mass is 887 g/mol. The molecule has 0 aromatic heterocycles. The Balaban J connectivity index is 5.80. The number of aliphatic imine (C=N–C) groups is 1. The van der Waals surface area contributed by atoms with Gasteiger partial charge in [0.1, 0.15) is 42.3 Å². The highest BCUT2D eigenvalue weighted by molar-refractivity contribution is 5.98. The minimum Gasteiger partial charge on any atom is -0.480 e. The number of nitrogens with two attached hydrogens (primary N) is 4. The molecule has 26 heteroatoms. The molecule has 26 nitrogen and oxygen atoms in total. The molecule has 0 aromatic rings. The molecule has 0 saturated heterocycles. The predicted octanol–water partition coefficient (Wildman–Crippen LogP) is -7.05. The fourth-order valence-electron chi connectivity index (χ4n) is 5.30. The maximum atomic E-state index is 13.6. The summed E-state index contributed by atoms with van der Waals surface area (Å²) >= 11 is 0. The molecule has 0 aliphatic carbocycles. The van der Waals surface area contributed by atoms with Crippen LogP contribution >= 0.6 is 0 Å². The van der Waals surface area contributed by atoms with Crippen molar-refractivity contribution >= 4 is 65.1 Å².